The molecule has 38 heavy (non-hydrogen) atoms. The molecule has 6 fully saturated rings. The van der Waals surface area contributed by atoms with Crippen molar-refractivity contribution < 1.29 is 71.5 Å². The van der Waals surface area contributed by atoms with E-state index in [1.54, 1.807) is 0 Å². The molecule has 6 aliphatic heterocycles. The Balaban J connectivity index is 0.871. The number of carbonyl (C=O) groups is 2. The van der Waals surface area contributed by atoms with E-state index in [1.807, 2.05) is 0 Å². The maximum atomic E-state index is 11.0. The van der Waals surface area contributed by atoms with E-state index in [0.717, 1.165) is 0 Å². The van der Waals surface area contributed by atoms with Crippen LogP contribution in [0.25, 0.3) is 0 Å². The Morgan fingerprint density at radius 2 is 0.974 bits per heavy atom. The van der Waals surface area contributed by atoms with Crippen molar-refractivity contribution in [1.82, 2.24) is 0 Å². The zero-order valence-electron chi connectivity index (χ0n) is 20.6. The number of fused-ring (bicyclic) bond motifs is 2. The third-order valence-electron chi connectivity index (χ3n) is 7.22. The first kappa shape index (κ1) is 26.4. The SMILES string of the molecule is O=C1OCC(CO[C@H]2CO[C@@H]3[C@H]2OC[C@H]3OCC(O)CO[C@@H]2CO[C@H]3[C@@H]2OC[C@@H]3OCC2COC(=O)O2)O1. The zero-order chi connectivity index (χ0) is 26.1. The number of carbonyl (C=O) groups excluding carboxylic acids is 2. The normalized spacial score (nSPS) is 42.4. The fourth-order valence-corrected chi connectivity index (χ4v) is 5.30. The van der Waals surface area contributed by atoms with Gasteiger partial charge in [0.15, 0.2) is 12.2 Å². The highest BCUT2D eigenvalue weighted by Gasteiger charge is 2.51. The molecule has 11 atom stereocenters. The van der Waals surface area contributed by atoms with Gasteiger partial charge in [-0.05, 0) is 0 Å². The van der Waals surface area contributed by atoms with Crippen molar-refractivity contribution in [2.45, 2.75) is 67.1 Å². The molecule has 0 aromatic carbocycles. The highest BCUT2D eigenvalue weighted by molar-refractivity contribution is 5.62. The second kappa shape index (κ2) is 11.7. The van der Waals surface area contributed by atoms with E-state index in [1.165, 1.54) is 0 Å². The summed E-state index contributed by atoms with van der Waals surface area (Å²) in [4.78, 5) is 22.1. The Labute approximate surface area is 217 Å². The first-order valence-corrected chi connectivity index (χ1v) is 12.8. The molecular weight excluding hydrogens is 516 g/mol. The number of hydrogen-bond donors (Lipinski definition) is 1. The largest absolute Gasteiger partial charge is 0.508 e. The predicted octanol–water partition coefficient (Wildman–Crippen LogP) is -1.45. The molecule has 0 saturated carbocycles. The third kappa shape index (κ3) is 5.85. The van der Waals surface area contributed by atoms with Gasteiger partial charge in [0, 0.05) is 0 Å². The number of ether oxygens (including phenoxy) is 12. The highest BCUT2D eigenvalue weighted by Crippen LogP contribution is 2.32. The second-order valence-corrected chi connectivity index (χ2v) is 9.93. The summed E-state index contributed by atoms with van der Waals surface area (Å²) in [5, 5.41) is 10.4. The van der Waals surface area contributed by atoms with E-state index in [2.05, 4.69) is 0 Å². The zero-order valence-corrected chi connectivity index (χ0v) is 20.6. The van der Waals surface area contributed by atoms with E-state index in [9.17, 15) is 14.7 Å². The Morgan fingerprint density at radius 1 is 0.605 bits per heavy atom. The van der Waals surface area contributed by atoms with Crippen LogP contribution in [0.5, 0.6) is 0 Å². The number of cyclic esters (lactones) is 4. The first-order chi connectivity index (χ1) is 18.5. The van der Waals surface area contributed by atoms with Gasteiger partial charge in [-0.25, -0.2) is 9.59 Å². The van der Waals surface area contributed by atoms with Crippen LogP contribution in [0.1, 0.15) is 0 Å². The van der Waals surface area contributed by atoms with E-state index in [0.29, 0.717) is 26.4 Å². The first-order valence-electron chi connectivity index (χ1n) is 12.8. The topological polar surface area (TPSA) is 165 Å². The lowest BCUT2D eigenvalue weighted by atomic mass is 10.1. The van der Waals surface area contributed by atoms with Gasteiger partial charge in [-0.15, -0.1) is 0 Å². The van der Waals surface area contributed by atoms with Crippen molar-refractivity contribution >= 4 is 12.3 Å². The highest BCUT2D eigenvalue weighted by atomic mass is 16.8. The molecule has 6 rings (SSSR count). The number of hydrogen-bond acceptors (Lipinski definition) is 15. The number of aliphatic hydroxyl groups excluding tert-OH is 1. The van der Waals surface area contributed by atoms with Crippen LogP contribution in [0, 0.1) is 0 Å². The van der Waals surface area contributed by atoms with Crippen LogP contribution in [0.2, 0.25) is 0 Å². The Morgan fingerprint density at radius 3 is 1.32 bits per heavy atom. The predicted molar refractivity (Wildman–Crippen MR) is 116 cm³/mol. The summed E-state index contributed by atoms with van der Waals surface area (Å²) >= 11 is 0. The fraction of sp³-hybridized carbons (Fsp3) is 0.913. The molecule has 214 valence electrons. The molecular formula is C23H32O15. The monoisotopic (exact) mass is 548 g/mol. The lowest BCUT2D eigenvalue weighted by Gasteiger charge is -2.21. The summed E-state index contributed by atoms with van der Waals surface area (Å²) in [5.74, 6) is 0. The summed E-state index contributed by atoms with van der Waals surface area (Å²) < 4.78 is 66.1. The van der Waals surface area contributed by atoms with E-state index < -0.39 is 30.6 Å². The Bertz CT molecular complexity index is 776. The van der Waals surface area contributed by atoms with Crippen LogP contribution in [0.3, 0.4) is 0 Å². The van der Waals surface area contributed by atoms with E-state index >= 15 is 0 Å². The molecule has 0 radical (unpaired) electrons. The average molecular weight is 548 g/mol. The maximum Gasteiger partial charge on any atom is 0.508 e. The standard InChI is InChI=1S/C23H32O15/c24-11(1-27-14-7-31-20-16(9-33-18(14)20)29-3-12-5-35-22(25)37-12)2-28-15-8-32-21-17(10-34-19(15)21)30-4-13-6-36-23(26)38-13/h11-21,24H,1-10H2/t11?,12?,13?,14-,15-,16+,17+,18-,19+,20-,21+/m1/s1. The van der Waals surface area contributed by atoms with E-state index in [4.69, 9.17) is 56.8 Å². The Kier molecular flexibility index (Phi) is 8.15. The minimum absolute atomic E-state index is 0.0396. The molecule has 0 aliphatic carbocycles. The molecule has 15 heteroatoms. The number of aliphatic hydroxyl groups is 1. The quantitative estimate of drug-likeness (QED) is 0.281. The molecule has 0 spiro atoms. The van der Waals surface area contributed by atoms with Gasteiger partial charge < -0.3 is 61.9 Å². The summed E-state index contributed by atoms with van der Waals surface area (Å²) in [5.41, 5.74) is 0. The minimum Gasteiger partial charge on any atom is -0.430 e. The smallest absolute Gasteiger partial charge is 0.430 e. The van der Waals surface area contributed by atoms with Crippen molar-refractivity contribution in [3.8, 4) is 0 Å². The molecule has 6 heterocycles. The van der Waals surface area contributed by atoms with Gasteiger partial charge in [-0.3, -0.25) is 0 Å². The summed E-state index contributed by atoms with van der Waals surface area (Å²) in [6, 6.07) is 0. The Hall–Kier alpha value is -1.82. The maximum absolute atomic E-state index is 11.0. The van der Waals surface area contributed by atoms with Gasteiger partial charge in [0.2, 0.25) is 0 Å². The average Bonchev–Trinajstić information content (AvgIpc) is 3.73. The summed E-state index contributed by atoms with van der Waals surface area (Å²) in [6.07, 6.45) is -5.69. The van der Waals surface area contributed by atoms with Gasteiger partial charge >= 0.3 is 12.3 Å². The molecule has 6 aliphatic rings. The molecule has 0 aromatic rings. The van der Waals surface area contributed by atoms with Crippen molar-refractivity contribution in [2.24, 2.45) is 0 Å². The molecule has 15 nitrogen and oxygen atoms in total. The van der Waals surface area contributed by atoms with Gasteiger partial charge in [0.05, 0.1) is 52.9 Å². The minimum atomic E-state index is -0.871. The summed E-state index contributed by atoms with van der Waals surface area (Å²) in [6.45, 7) is 2.08. The molecule has 6 saturated heterocycles. The molecule has 0 bridgehead atoms. The van der Waals surface area contributed by atoms with E-state index in [-0.39, 0.29) is 88.5 Å². The lowest BCUT2D eigenvalue weighted by molar-refractivity contribution is -0.103. The van der Waals surface area contributed by atoms with Crippen LogP contribution >= 0.6 is 0 Å². The van der Waals surface area contributed by atoms with Gasteiger partial charge in [-0.2, -0.15) is 0 Å². The molecule has 3 unspecified atom stereocenters. The second-order valence-electron chi connectivity index (χ2n) is 9.93. The van der Waals surface area contributed by atoms with Crippen molar-refractivity contribution in [2.75, 3.05) is 66.1 Å². The van der Waals surface area contributed by atoms with Gasteiger partial charge in [0.1, 0.15) is 68.1 Å². The van der Waals surface area contributed by atoms with Crippen molar-refractivity contribution in [3.63, 3.8) is 0 Å². The fourth-order valence-electron chi connectivity index (χ4n) is 5.30. The molecule has 0 aromatic heterocycles. The molecule has 1 N–H and O–H groups in total. The van der Waals surface area contributed by atoms with Crippen LogP contribution in [0.4, 0.5) is 9.59 Å². The summed E-state index contributed by atoms with van der Waals surface area (Å²) in [7, 11) is 0. The number of rotatable bonds is 12. The van der Waals surface area contributed by atoms with Crippen LogP contribution in [-0.4, -0.2) is 151 Å². The van der Waals surface area contributed by atoms with Crippen LogP contribution in [-0.2, 0) is 56.8 Å². The molecule has 0 amide bonds. The van der Waals surface area contributed by atoms with Crippen LogP contribution in [0.15, 0.2) is 0 Å². The van der Waals surface area contributed by atoms with Crippen LogP contribution < -0.4 is 0 Å². The van der Waals surface area contributed by atoms with Crippen molar-refractivity contribution in [3.05, 3.63) is 0 Å². The lowest BCUT2D eigenvalue weighted by Crippen LogP contribution is -2.38. The van der Waals surface area contributed by atoms with Gasteiger partial charge in [-0.1, -0.05) is 0 Å². The third-order valence-corrected chi connectivity index (χ3v) is 7.22. The van der Waals surface area contributed by atoms with Gasteiger partial charge in [0.25, 0.3) is 0 Å². The van der Waals surface area contributed by atoms with Crippen molar-refractivity contribution in [1.29, 1.82) is 0 Å².